The molecule has 5 fully saturated rings. The molecular formula is C30H50O9. The zero-order valence-corrected chi connectivity index (χ0v) is 24.2. The van der Waals surface area contributed by atoms with Crippen LogP contribution in [0.5, 0.6) is 0 Å². The van der Waals surface area contributed by atoms with Gasteiger partial charge in [0.1, 0.15) is 30.5 Å². The number of aliphatic hydroxyl groups is 5. The first-order valence-electron chi connectivity index (χ1n) is 15.0. The third-order valence-electron chi connectivity index (χ3n) is 12.2. The number of hydrogen-bond acceptors (Lipinski definition) is 9. The van der Waals surface area contributed by atoms with Crippen LogP contribution in [-0.2, 0) is 19.0 Å². The second-order valence-electron chi connectivity index (χ2n) is 14.6. The maximum absolute atomic E-state index is 12.3. The van der Waals surface area contributed by atoms with Crippen LogP contribution in [0.15, 0.2) is 0 Å². The molecule has 0 amide bonds. The molecule has 0 aromatic rings. The summed E-state index contributed by atoms with van der Waals surface area (Å²) < 4.78 is 18.2. The average molecular weight is 555 g/mol. The van der Waals surface area contributed by atoms with Crippen LogP contribution in [0.2, 0.25) is 0 Å². The van der Waals surface area contributed by atoms with E-state index >= 15 is 0 Å². The molecule has 4 aliphatic carbocycles. The monoisotopic (exact) mass is 554 g/mol. The van der Waals surface area contributed by atoms with Crippen molar-refractivity contribution in [2.24, 2.45) is 33.5 Å². The van der Waals surface area contributed by atoms with Gasteiger partial charge in [-0.25, -0.2) is 0 Å². The van der Waals surface area contributed by atoms with E-state index in [0.717, 1.165) is 51.4 Å². The summed E-state index contributed by atoms with van der Waals surface area (Å²) in [4.78, 5) is 12.3. The van der Waals surface area contributed by atoms with E-state index in [1.807, 2.05) is 0 Å². The molecule has 5 N–H and O–H groups in total. The van der Waals surface area contributed by atoms with Crippen molar-refractivity contribution in [3.05, 3.63) is 0 Å². The summed E-state index contributed by atoms with van der Waals surface area (Å²) in [6, 6.07) is 0. The SMILES string of the molecule is CC(=O)O[C@@H]1C[C@@H](C)[C@]2(CC[C@]3(CC[C@H](O)C3)C2)[C@@]2(C)CC[C@H](O[C@@H]3O[C@H](CO)[C@@H](O)[C@H](O)[C@H]3O)C(C)(C)C12. The van der Waals surface area contributed by atoms with Gasteiger partial charge in [-0.05, 0) is 85.4 Å². The van der Waals surface area contributed by atoms with E-state index in [-0.39, 0.29) is 46.4 Å². The highest BCUT2D eigenvalue weighted by molar-refractivity contribution is 5.66. The van der Waals surface area contributed by atoms with E-state index in [0.29, 0.717) is 12.3 Å². The lowest BCUT2D eigenvalue weighted by molar-refractivity contribution is -0.334. The second kappa shape index (κ2) is 10.2. The van der Waals surface area contributed by atoms with E-state index in [9.17, 15) is 30.3 Å². The Bertz CT molecular complexity index is 924. The Morgan fingerprint density at radius 1 is 0.974 bits per heavy atom. The van der Waals surface area contributed by atoms with Crippen LogP contribution in [0.25, 0.3) is 0 Å². The standard InChI is InChI=1S/C30H50O9/c1-16-12-19(37-17(2)32)25-27(3,4)21(39-26-24(36)23(35)22(34)20(14-31)38-26)7-8-28(25,5)30(16)11-10-29(15-30)9-6-18(33)13-29/h16,18-26,31,33-36H,6-15H2,1-5H3/t16-,18+,19-,20-,21+,22-,23+,24-,25?,26+,28+,29+,30-/m1/s1. The van der Waals surface area contributed by atoms with Gasteiger partial charge in [0.2, 0.25) is 0 Å². The van der Waals surface area contributed by atoms with E-state index in [1.54, 1.807) is 0 Å². The Morgan fingerprint density at radius 2 is 1.69 bits per heavy atom. The molecule has 9 heteroatoms. The van der Waals surface area contributed by atoms with Gasteiger partial charge in [0.05, 0.1) is 18.8 Å². The van der Waals surface area contributed by atoms with E-state index in [1.165, 1.54) is 6.92 Å². The van der Waals surface area contributed by atoms with E-state index in [2.05, 4.69) is 27.7 Å². The summed E-state index contributed by atoms with van der Waals surface area (Å²) in [6.07, 6.45) is 0.971. The summed E-state index contributed by atoms with van der Waals surface area (Å²) in [7, 11) is 0. The molecule has 9 nitrogen and oxygen atoms in total. The van der Waals surface area contributed by atoms with Crippen molar-refractivity contribution < 1.29 is 44.5 Å². The van der Waals surface area contributed by atoms with Gasteiger partial charge in [-0.15, -0.1) is 0 Å². The molecule has 2 spiro atoms. The molecule has 13 atom stereocenters. The Labute approximate surface area is 232 Å². The summed E-state index contributed by atoms with van der Waals surface area (Å²) in [5, 5.41) is 51.4. The molecule has 0 bridgehead atoms. The molecule has 224 valence electrons. The molecule has 0 aromatic heterocycles. The maximum Gasteiger partial charge on any atom is 0.302 e. The minimum absolute atomic E-state index is 0.0183. The number of carbonyl (C=O) groups is 1. The molecule has 0 radical (unpaired) electrons. The maximum atomic E-state index is 12.3. The fraction of sp³-hybridized carbons (Fsp3) is 0.967. The van der Waals surface area contributed by atoms with Gasteiger partial charge in [0, 0.05) is 12.8 Å². The zero-order valence-electron chi connectivity index (χ0n) is 24.2. The van der Waals surface area contributed by atoms with Crippen LogP contribution in [0.3, 0.4) is 0 Å². The van der Waals surface area contributed by atoms with Gasteiger partial charge in [-0.2, -0.15) is 0 Å². The van der Waals surface area contributed by atoms with Gasteiger partial charge in [0.25, 0.3) is 0 Å². The molecule has 5 aliphatic rings. The zero-order chi connectivity index (χ0) is 28.5. The highest BCUT2D eigenvalue weighted by atomic mass is 16.7. The Kier molecular flexibility index (Phi) is 7.74. The second-order valence-corrected chi connectivity index (χ2v) is 14.6. The van der Waals surface area contributed by atoms with Crippen molar-refractivity contribution >= 4 is 5.97 Å². The van der Waals surface area contributed by atoms with Crippen molar-refractivity contribution in [2.45, 2.75) is 141 Å². The first-order chi connectivity index (χ1) is 18.2. The minimum atomic E-state index is -1.50. The fourth-order valence-electron chi connectivity index (χ4n) is 10.4. The first kappa shape index (κ1) is 29.7. The Morgan fingerprint density at radius 3 is 2.31 bits per heavy atom. The number of ether oxygens (including phenoxy) is 3. The van der Waals surface area contributed by atoms with Crippen LogP contribution >= 0.6 is 0 Å². The normalized spacial score (nSPS) is 53.2. The van der Waals surface area contributed by atoms with Crippen molar-refractivity contribution in [3.63, 3.8) is 0 Å². The van der Waals surface area contributed by atoms with Crippen LogP contribution < -0.4 is 0 Å². The molecule has 1 unspecified atom stereocenters. The summed E-state index contributed by atoms with van der Waals surface area (Å²) >= 11 is 0. The van der Waals surface area contributed by atoms with Gasteiger partial charge in [-0.3, -0.25) is 4.79 Å². The molecule has 1 aliphatic heterocycles. The van der Waals surface area contributed by atoms with Crippen molar-refractivity contribution in [1.82, 2.24) is 0 Å². The minimum Gasteiger partial charge on any atom is -0.462 e. The van der Waals surface area contributed by atoms with Crippen LogP contribution in [0, 0.1) is 33.5 Å². The quantitative estimate of drug-likeness (QED) is 0.261. The fourth-order valence-corrected chi connectivity index (χ4v) is 10.4. The topological polar surface area (TPSA) is 146 Å². The van der Waals surface area contributed by atoms with Gasteiger partial charge in [-0.1, -0.05) is 27.7 Å². The predicted molar refractivity (Wildman–Crippen MR) is 141 cm³/mol. The lowest BCUT2D eigenvalue weighted by atomic mass is 9.39. The lowest BCUT2D eigenvalue weighted by Crippen LogP contribution is -2.67. The number of aliphatic hydroxyl groups excluding tert-OH is 5. The molecule has 0 aromatic carbocycles. The highest BCUT2D eigenvalue weighted by Crippen LogP contribution is 2.75. The third-order valence-corrected chi connectivity index (χ3v) is 12.2. The van der Waals surface area contributed by atoms with E-state index < -0.39 is 42.7 Å². The largest absolute Gasteiger partial charge is 0.462 e. The number of hydrogen-bond donors (Lipinski definition) is 5. The van der Waals surface area contributed by atoms with Crippen molar-refractivity contribution in [3.8, 4) is 0 Å². The molecule has 4 saturated carbocycles. The third kappa shape index (κ3) is 4.59. The summed E-state index contributed by atoms with van der Waals surface area (Å²) in [5.41, 5.74) is -0.377. The number of esters is 1. The Hall–Kier alpha value is -0.810. The number of carbonyl (C=O) groups excluding carboxylic acids is 1. The van der Waals surface area contributed by atoms with Gasteiger partial charge >= 0.3 is 5.97 Å². The van der Waals surface area contributed by atoms with E-state index in [4.69, 9.17) is 14.2 Å². The van der Waals surface area contributed by atoms with Crippen LogP contribution in [-0.4, -0.2) is 87.1 Å². The molecule has 1 saturated heterocycles. The van der Waals surface area contributed by atoms with Crippen molar-refractivity contribution in [1.29, 1.82) is 0 Å². The van der Waals surface area contributed by atoms with Gasteiger partial charge in [0.15, 0.2) is 6.29 Å². The molecule has 39 heavy (non-hydrogen) atoms. The first-order valence-corrected chi connectivity index (χ1v) is 15.0. The smallest absolute Gasteiger partial charge is 0.302 e. The highest BCUT2D eigenvalue weighted by Gasteiger charge is 2.70. The molecular weight excluding hydrogens is 504 g/mol. The number of rotatable bonds is 4. The molecule has 1 heterocycles. The summed E-state index contributed by atoms with van der Waals surface area (Å²) in [6.45, 7) is 9.97. The lowest BCUT2D eigenvalue weighted by Gasteiger charge is -2.67. The van der Waals surface area contributed by atoms with Crippen LogP contribution in [0.1, 0.15) is 92.4 Å². The average Bonchev–Trinajstić information content (AvgIpc) is 3.42. The predicted octanol–water partition coefficient (Wildman–Crippen LogP) is 2.29. The van der Waals surface area contributed by atoms with Gasteiger partial charge < -0.3 is 39.7 Å². The Balaban J connectivity index is 1.47. The van der Waals surface area contributed by atoms with Crippen molar-refractivity contribution in [2.75, 3.05) is 6.61 Å². The van der Waals surface area contributed by atoms with Crippen LogP contribution in [0.4, 0.5) is 0 Å². The summed E-state index contributed by atoms with van der Waals surface area (Å²) in [5.74, 6) is 0.0502. The molecule has 5 rings (SSSR count). The number of fused-ring (bicyclic) bond motifs is 2.